The summed E-state index contributed by atoms with van der Waals surface area (Å²) in [4.78, 5) is 12.0. The lowest BCUT2D eigenvalue weighted by Gasteiger charge is -2.03. The minimum atomic E-state index is 0.342. The topological polar surface area (TPSA) is 115 Å². The Bertz CT molecular complexity index is 469. The maximum Gasteiger partial charge on any atom is 0.239 e. The number of nitrogens with zero attached hydrogens (tertiary/aromatic N) is 4. The number of hydrogen-bond acceptors (Lipinski definition) is 8. The van der Waals surface area contributed by atoms with E-state index in [1.807, 2.05) is 0 Å². The lowest BCUT2D eigenvalue weighted by Crippen LogP contribution is -2.11. The molecule has 4 N–H and O–H groups in total. The van der Waals surface area contributed by atoms with Crippen LogP contribution in [-0.4, -0.2) is 20.1 Å². The summed E-state index contributed by atoms with van der Waals surface area (Å²) in [5, 5.41) is 6.76. The Balaban J connectivity index is 1.99. The molecule has 0 spiro atoms. The average molecular weight is 221 g/mol. The van der Waals surface area contributed by atoms with E-state index in [4.69, 9.17) is 10.4 Å². The van der Waals surface area contributed by atoms with Gasteiger partial charge in [-0.15, -0.1) is 0 Å². The number of aryl methyl sites for hydroxylation is 1. The van der Waals surface area contributed by atoms with Gasteiger partial charge < -0.3 is 9.84 Å². The molecule has 0 saturated heterocycles. The van der Waals surface area contributed by atoms with Gasteiger partial charge in [-0.3, -0.25) is 5.43 Å². The maximum atomic E-state index is 5.19. The SMILES string of the molecule is Cc1nc(CNc2ccnc(NN)n2)no1. The number of anilines is 2. The molecule has 0 aliphatic carbocycles. The van der Waals surface area contributed by atoms with E-state index in [1.165, 1.54) is 0 Å². The second kappa shape index (κ2) is 4.53. The highest BCUT2D eigenvalue weighted by Crippen LogP contribution is 2.05. The summed E-state index contributed by atoms with van der Waals surface area (Å²) in [6.45, 7) is 2.16. The lowest BCUT2D eigenvalue weighted by molar-refractivity contribution is 0.388. The molecular weight excluding hydrogens is 210 g/mol. The van der Waals surface area contributed by atoms with Crippen molar-refractivity contribution in [1.29, 1.82) is 0 Å². The molecule has 2 heterocycles. The van der Waals surface area contributed by atoms with E-state index in [2.05, 4.69) is 30.9 Å². The summed E-state index contributed by atoms with van der Waals surface area (Å²) in [7, 11) is 0. The zero-order valence-corrected chi connectivity index (χ0v) is 8.64. The van der Waals surface area contributed by atoms with Gasteiger partial charge >= 0.3 is 0 Å². The van der Waals surface area contributed by atoms with Crippen molar-refractivity contribution >= 4 is 11.8 Å². The third kappa shape index (κ3) is 2.42. The van der Waals surface area contributed by atoms with Crippen molar-refractivity contribution in [3.8, 4) is 0 Å². The third-order valence-electron chi connectivity index (χ3n) is 1.78. The molecule has 2 aromatic rings. The minimum Gasteiger partial charge on any atom is -0.362 e. The van der Waals surface area contributed by atoms with E-state index < -0.39 is 0 Å². The van der Waals surface area contributed by atoms with E-state index in [9.17, 15) is 0 Å². The standard InChI is InChI=1S/C8H11N7O/c1-5-12-7(15-16-5)4-11-6-2-3-10-8(13-6)14-9/h2-3H,4,9H2,1H3,(H2,10,11,13,14). The fourth-order valence-corrected chi connectivity index (χ4v) is 1.11. The number of nitrogens with two attached hydrogens (primary N) is 1. The van der Waals surface area contributed by atoms with Crippen molar-refractivity contribution in [3.05, 3.63) is 24.0 Å². The highest BCUT2D eigenvalue weighted by molar-refractivity contribution is 5.38. The van der Waals surface area contributed by atoms with Crippen LogP contribution in [-0.2, 0) is 6.54 Å². The van der Waals surface area contributed by atoms with Gasteiger partial charge in [0.25, 0.3) is 0 Å². The van der Waals surface area contributed by atoms with Gasteiger partial charge in [-0.1, -0.05) is 5.16 Å². The van der Waals surface area contributed by atoms with E-state index in [1.54, 1.807) is 19.2 Å². The molecule has 16 heavy (non-hydrogen) atoms. The van der Waals surface area contributed by atoms with Crippen LogP contribution in [0.2, 0.25) is 0 Å². The molecule has 8 heteroatoms. The Hall–Kier alpha value is -2.22. The van der Waals surface area contributed by atoms with Crippen LogP contribution in [0.15, 0.2) is 16.8 Å². The molecular formula is C8H11N7O. The molecule has 0 aromatic carbocycles. The molecule has 8 nitrogen and oxygen atoms in total. The van der Waals surface area contributed by atoms with Gasteiger partial charge in [-0.05, 0) is 6.07 Å². The van der Waals surface area contributed by atoms with E-state index in [0.29, 0.717) is 30.0 Å². The molecule has 0 atom stereocenters. The number of aromatic nitrogens is 4. The van der Waals surface area contributed by atoms with Crippen LogP contribution in [0.5, 0.6) is 0 Å². The molecule has 0 unspecified atom stereocenters. The summed E-state index contributed by atoms with van der Waals surface area (Å²) in [6.07, 6.45) is 1.59. The Morgan fingerprint density at radius 3 is 3.00 bits per heavy atom. The maximum absolute atomic E-state index is 5.19. The Kier molecular flexibility index (Phi) is 2.92. The summed E-state index contributed by atoms with van der Waals surface area (Å²) < 4.78 is 4.83. The molecule has 0 bridgehead atoms. The minimum absolute atomic E-state index is 0.342. The second-order valence-corrected chi connectivity index (χ2v) is 2.99. The number of rotatable bonds is 4. The van der Waals surface area contributed by atoms with Crippen LogP contribution in [0.1, 0.15) is 11.7 Å². The van der Waals surface area contributed by atoms with E-state index >= 15 is 0 Å². The molecule has 2 aromatic heterocycles. The van der Waals surface area contributed by atoms with Gasteiger partial charge in [0, 0.05) is 13.1 Å². The quantitative estimate of drug-likeness (QED) is 0.490. The zero-order chi connectivity index (χ0) is 11.4. The van der Waals surface area contributed by atoms with Crippen molar-refractivity contribution in [2.45, 2.75) is 13.5 Å². The lowest BCUT2D eigenvalue weighted by atomic mass is 10.5. The van der Waals surface area contributed by atoms with E-state index in [0.717, 1.165) is 0 Å². The zero-order valence-electron chi connectivity index (χ0n) is 8.64. The van der Waals surface area contributed by atoms with Crippen LogP contribution in [0.3, 0.4) is 0 Å². The first-order valence-corrected chi connectivity index (χ1v) is 4.60. The van der Waals surface area contributed by atoms with Crippen molar-refractivity contribution in [2.24, 2.45) is 5.84 Å². The smallest absolute Gasteiger partial charge is 0.239 e. The van der Waals surface area contributed by atoms with Crippen LogP contribution >= 0.6 is 0 Å². The van der Waals surface area contributed by atoms with Gasteiger partial charge in [0.1, 0.15) is 5.82 Å². The van der Waals surface area contributed by atoms with Crippen molar-refractivity contribution < 1.29 is 4.52 Å². The molecule has 0 fully saturated rings. The molecule has 0 aliphatic rings. The first-order valence-electron chi connectivity index (χ1n) is 4.60. The predicted molar refractivity (Wildman–Crippen MR) is 56.2 cm³/mol. The van der Waals surface area contributed by atoms with Crippen LogP contribution in [0, 0.1) is 6.92 Å². The van der Waals surface area contributed by atoms with Gasteiger partial charge in [-0.2, -0.15) is 9.97 Å². The second-order valence-electron chi connectivity index (χ2n) is 2.99. The van der Waals surface area contributed by atoms with Crippen LogP contribution in [0.25, 0.3) is 0 Å². The Morgan fingerprint density at radius 1 is 1.44 bits per heavy atom. The first kappa shape index (κ1) is 10.3. The molecule has 2 rings (SSSR count). The van der Waals surface area contributed by atoms with Gasteiger partial charge in [0.2, 0.25) is 11.8 Å². The third-order valence-corrected chi connectivity index (χ3v) is 1.78. The van der Waals surface area contributed by atoms with Crippen molar-refractivity contribution in [2.75, 3.05) is 10.7 Å². The summed E-state index contributed by atoms with van der Waals surface area (Å²) in [5.74, 6) is 7.26. The molecule has 0 saturated carbocycles. The van der Waals surface area contributed by atoms with Crippen LogP contribution in [0.4, 0.5) is 11.8 Å². The number of nitrogen functional groups attached to an aromatic ring is 1. The van der Waals surface area contributed by atoms with E-state index in [-0.39, 0.29) is 0 Å². The predicted octanol–water partition coefficient (Wildman–Crippen LogP) is 0.0657. The fraction of sp³-hybridized carbons (Fsp3) is 0.250. The van der Waals surface area contributed by atoms with Crippen molar-refractivity contribution in [1.82, 2.24) is 20.1 Å². The Labute approximate surface area is 91.3 Å². The average Bonchev–Trinajstić information content (AvgIpc) is 2.73. The monoisotopic (exact) mass is 221 g/mol. The molecule has 0 radical (unpaired) electrons. The Morgan fingerprint density at radius 2 is 2.31 bits per heavy atom. The van der Waals surface area contributed by atoms with Crippen molar-refractivity contribution in [3.63, 3.8) is 0 Å². The molecule has 0 aliphatic heterocycles. The van der Waals surface area contributed by atoms with Crippen LogP contribution < -0.4 is 16.6 Å². The molecule has 84 valence electrons. The molecule has 0 amide bonds. The van der Waals surface area contributed by atoms with Gasteiger partial charge in [0.05, 0.1) is 6.54 Å². The normalized spacial score (nSPS) is 10.1. The largest absolute Gasteiger partial charge is 0.362 e. The number of hydrogen-bond donors (Lipinski definition) is 3. The van der Waals surface area contributed by atoms with Gasteiger partial charge in [-0.25, -0.2) is 10.8 Å². The highest BCUT2D eigenvalue weighted by atomic mass is 16.5. The van der Waals surface area contributed by atoms with Gasteiger partial charge in [0.15, 0.2) is 5.82 Å². The summed E-state index contributed by atoms with van der Waals surface area (Å²) >= 11 is 0. The summed E-state index contributed by atoms with van der Waals surface area (Å²) in [6, 6.07) is 1.72. The first-order chi connectivity index (χ1) is 7.78. The number of nitrogens with one attached hydrogen (secondary N) is 2. The number of hydrazine groups is 1. The fourth-order valence-electron chi connectivity index (χ4n) is 1.11. The summed E-state index contributed by atoms with van der Waals surface area (Å²) in [5.41, 5.74) is 2.36. The highest BCUT2D eigenvalue weighted by Gasteiger charge is 2.02.